The normalized spacial score (nSPS) is 22.3. The summed E-state index contributed by atoms with van der Waals surface area (Å²) in [6.07, 6.45) is 9.90. The van der Waals surface area contributed by atoms with E-state index in [1.165, 1.54) is 44.1 Å². The molecule has 198 valence electrons. The molecule has 3 fully saturated rings. The van der Waals surface area contributed by atoms with Crippen LogP contribution in [0.25, 0.3) is 11.0 Å². The average molecular weight is 503 g/mol. The minimum absolute atomic E-state index is 0.153. The van der Waals surface area contributed by atoms with Gasteiger partial charge in [0.25, 0.3) is 0 Å². The molecule has 1 aliphatic carbocycles. The van der Waals surface area contributed by atoms with Crippen molar-refractivity contribution in [3.63, 3.8) is 0 Å². The minimum atomic E-state index is 0.153. The van der Waals surface area contributed by atoms with Gasteiger partial charge in [0, 0.05) is 50.8 Å². The van der Waals surface area contributed by atoms with E-state index < -0.39 is 0 Å². The number of likely N-dealkylation sites (tertiary alicyclic amines) is 1. The van der Waals surface area contributed by atoms with Crippen molar-refractivity contribution in [2.45, 2.75) is 69.5 Å². The van der Waals surface area contributed by atoms with E-state index in [0.717, 1.165) is 76.4 Å². The van der Waals surface area contributed by atoms with E-state index in [2.05, 4.69) is 69.0 Å². The fraction of sp³-hybridized carbons (Fsp3) is 0.581. The summed E-state index contributed by atoms with van der Waals surface area (Å²) in [5.74, 6) is 0. The number of imidazole rings is 1. The molecule has 0 amide bonds. The lowest BCUT2D eigenvalue weighted by Gasteiger charge is -2.47. The van der Waals surface area contributed by atoms with Crippen molar-refractivity contribution in [1.29, 1.82) is 0 Å². The van der Waals surface area contributed by atoms with Crippen LogP contribution in [0, 0.1) is 0 Å². The van der Waals surface area contributed by atoms with E-state index in [9.17, 15) is 4.79 Å². The Morgan fingerprint density at radius 1 is 0.757 bits per heavy atom. The fourth-order valence-electron chi connectivity index (χ4n) is 7.27. The third-order valence-corrected chi connectivity index (χ3v) is 9.29. The van der Waals surface area contributed by atoms with Crippen LogP contribution in [-0.2, 0) is 16.8 Å². The van der Waals surface area contributed by atoms with E-state index in [-0.39, 0.29) is 17.3 Å². The lowest BCUT2D eigenvalue weighted by Crippen LogP contribution is -2.50. The van der Waals surface area contributed by atoms with Gasteiger partial charge in [0.05, 0.1) is 24.2 Å². The third-order valence-electron chi connectivity index (χ3n) is 9.29. The first-order chi connectivity index (χ1) is 18.3. The van der Waals surface area contributed by atoms with Crippen molar-refractivity contribution in [2.75, 3.05) is 45.9 Å². The molecule has 0 radical (unpaired) electrons. The van der Waals surface area contributed by atoms with Crippen LogP contribution >= 0.6 is 0 Å². The van der Waals surface area contributed by atoms with Gasteiger partial charge < -0.3 is 4.74 Å². The molecule has 3 heterocycles. The zero-order valence-corrected chi connectivity index (χ0v) is 22.2. The molecule has 2 saturated heterocycles. The molecule has 6 rings (SSSR count). The molecule has 2 aromatic carbocycles. The lowest BCUT2D eigenvalue weighted by atomic mass is 9.79. The summed E-state index contributed by atoms with van der Waals surface area (Å²) in [7, 11) is 0. The Hall–Kier alpha value is -2.41. The number of hydrogen-bond donors (Lipinski definition) is 0. The molecule has 6 heteroatoms. The second kappa shape index (κ2) is 11.1. The molecule has 2 aliphatic heterocycles. The van der Waals surface area contributed by atoms with Crippen LogP contribution in [0.1, 0.15) is 63.0 Å². The maximum Gasteiger partial charge on any atom is 0.329 e. The first kappa shape index (κ1) is 24.9. The van der Waals surface area contributed by atoms with Gasteiger partial charge >= 0.3 is 5.69 Å². The van der Waals surface area contributed by atoms with E-state index in [0.29, 0.717) is 0 Å². The Morgan fingerprint density at radius 3 is 2.11 bits per heavy atom. The Kier molecular flexibility index (Phi) is 7.50. The summed E-state index contributed by atoms with van der Waals surface area (Å²) >= 11 is 0. The van der Waals surface area contributed by atoms with Gasteiger partial charge in [-0.05, 0) is 43.4 Å². The first-order valence-electron chi connectivity index (χ1n) is 14.6. The molecule has 3 aromatic rings. The Bertz CT molecular complexity index is 1210. The van der Waals surface area contributed by atoms with Gasteiger partial charge in [-0.2, -0.15) is 0 Å². The molecule has 0 unspecified atom stereocenters. The number of hydrogen-bond acceptors (Lipinski definition) is 4. The van der Waals surface area contributed by atoms with Gasteiger partial charge in [0.2, 0.25) is 0 Å². The van der Waals surface area contributed by atoms with E-state index in [1.54, 1.807) is 0 Å². The minimum Gasteiger partial charge on any atom is -0.379 e. The quantitative estimate of drug-likeness (QED) is 0.444. The Labute approximate surface area is 220 Å². The molecular formula is C31H42N4O2. The summed E-state index contributed by atoms with van der Waals surface area (Å²) in [5.41, 5.74) is 3.99. The van der Waals surface area contributed by atoms with Gasteiger partial charge in [0.1, 0.15) is 0 Å². The molecule has 37 heavy (non-hydrogen) atoms. The van der Waals surface area contributed by atoms with Crippen LogP contribution in [0.15, 0.2) is 59.4 Å². The molecule has 0 spiro atoms. The van der Waals surface area contributed by atoms with Gasteiger partial charge in [-0.1, -0.05) is 68.1 Å². The number of ether oxygens (including phenoxy) is 1. The van der Waals surface area contributed by atoms with Crippen molar-refractivity contribution >= 4 is 11.0 Å². The summed E-state index contributed by atoms with van der Waals surface area (Å²) in [5, 5.41) is 0. The molecule has 6 nitrogen and oxygen atoms in total. The van der Waals surface area contributed by atoms with Crippen LogP contribution in [0.3, 0.4) is 0 Å². The predicted octanol–water partition coefficient (Wildman–Crippen LogP) is 5.02. The number of rotatable bonds is 6. The zero-order valence-electron chi connectivity index (χ0n) is 22.2. The number of fused-ring (bicyclic) bond motifs is 1. The highest BCUT2D eigenvalue weighted by molar-refractivity contribution is 5.76. The van der Waals surface area contributed by atoms with Crippen LogP contribution in [0.5, 0.6) is 0 Å². The first-order valence-corrected chi connectivity index (χ1v) is 14.6. The number of nitrogens with zero attached hydrogens (tertiary/aromatic N) is 4. The molecule has 0 N–H and O–H groups in total. The highest BCUT2D eigenvalue weighted by Crippen LogP contribution is 2.43. The molecular weight excluding hydrogens is 460 g/mol. The van der Waals surface area contributed by atoms with Gasteiger partial charge in [-0.25, -0.2) is 4.79 Å². The van der Waals surface area contributed by atoms with E-state index >= 15 is 0 Å². The Morgan fingerprint density at radius 2 is 1.41 bits per heavy atom. The van der Waals surface area contributed by atoms with Gasteiger partial charge in [-0.15, -0.1) is 0 Å². The molecule has 1 aromatic heterocycles. The monoisotopic (exact) mass is 502 g/mol. The van der Waals surface area contributed by atoms with Crippen molar-refractivity contribution in [3.8, 4) is 0 Å². The number of piperidine rings is 1. The zero-order chi connectivity index (χ0) is 25.1. The van der Waals surface area contributed by atoms with Crippen molar-refractivity contribution in [3.05, 3.63) is 70.6 Å². The molecule has 0 bridgehead atoms. The highest BCUT2D eigenvalue weighted by atomic mass is 16.5. The number of benzene rings is 2. The summed E-state index contributed by atoms with van der Waals surface area (Å²) in [6, 6.07) is 19.9. The Balaban J connectivity index is 1.24. The van der Waals surface area contributed by atoms with Gasteiger partial charge in [-0.3, -0.25) is 18.9 Å². The van der Waals surface area contributed by atoms with Crippen LogP contribution < -0.4 is 5.69 Å². The average Bonchev–Trinajstić information content (AvgIpc) is 3.09. The summed E-state index contributed by atoms with van der Waals surface area (Å²) < 4.78 is 9.66. The fourth-order valence-corrected chi connectivity index (χ4v) is 7.27. The van der Waals surface area contributed by atoms with Crippen molar-refractivity contribution in [2.24, 2.45) is 0 Å². The largest absolute Gasteiger partial charge is 0.379 e. The van der Waals surface area contributed by atoms with Crippen LogP contribution in [-0.4, -0.2) is 64.9 Å². The second-order valence-corrected chi connectivity index (χ2v) is 11.3. The molecule has 3 aliphatic rings. The SMILES string of the molecule is O=c1n(CCN2CCOCC2)c2ccccc2n1C1CCN(C2(c3ccccc3)CCCCCC2)CC1. The predicted molar refractivity (Wildman–Crippen MR) is 149 cm³/mol. The maximum absolute atomic E-state index is 13.8. The second-order valence-electron chi connectivity index (χ2n) is 11.3. The smallest absolute Gasteiger partial charge is 0.329 e. The summed E-state index contributed by atoms with van der Waals surface area (Å²) in [6.45, 7) is 7.24. The maximum atomic E-state index is 13.8. The van der Waals surface area contributed by atoms with Gasteiger partial charge in [0.15, 0.2) is 0 Å². The highest BCUT2D eigenvalue weighted by Gasteiger charge is 2.40. The van der Waals surface area contributed by atoms with Crippen LogP contribution in [0.2, 0.25) is 0 Å². The van der Waals surface area contributed by atoms with E-state index in [1.807, 2.05) is 4.57 Å². The van der Waals surface area contributed by atoms with Crippen LogP contribution in [0.4, 0.5) is 0 Å². The van der Waals surface area contributed by atoms with E-state index in [4.69, 9.17) is 4.74 Å². The lowest BCUT2D eigenvalue weighted by molar-refractivity contribution is 0.0347. The number of morpholine rings is 1. The topological polar surface area (TPSA) is 42.6 Å². The summed E-state index contributed by atoms with van der Waals surface area (Å²) in [4.78, 5) is 19.0. The van der Waals surface area contributed by atoms with Crippen molar-refractivity contribution < 1.29 is 4.74 Å². The van der Waals surface area contributed by atoms with Crippen molar-refractivity contribution in [1.82, 2.24) is 18.9 Å². The molecule has 0 atom stereocenters. The standard InChI is InChI=1S/C31H42N4O2/c36-30-34(21-20-32-22-24-37-25-23-32)28-12-6-7-13-29(28)35(30)27-14-18-33(19-15-27)31(16-8-1-2-9-17-31)26-10-4-3-5-11-26/h3-7,10-13,27H,1-2,8-9,14-25H2. The molecule has 1 saturated carbocycles. The number of para-hydroxylation sites is 2. The third kappa shape index (κ3) is 4.91. The number of aromatic nitrogens is 2.